The van der Waals surface area contributed by atoms with E-state index in [9.17, 15) is 4.21 Å². The first-order chi connectivity index (χ1) is 6.75. The molecule has 0 spiro atoms. The third kappa shape index (κ3) is 3.39. The van der Waals surface area contributed by atoms with E-state index in [1.165, 1.54) is 0 Å². The van der Waals surface area contributed by atoms with Crippen LogP contribution in [0.4, 0.5) is 0 Å². The molecule has 1 heterocycles. The Hall–Kier alpha value is -0.410. The first-order valence-corrected chi connectivity index (χ1v) is 6.47. The van der Waals surface area contributed by atoms with E-state index in [0.717, 1.165) is 23.4 Å². The molecule has 1 aromatic rings. The molecule has 1 aromatic heterocycles. The number of pyridine rings is 1. The highest BCUT2D eigenvalue weighted by molar-refractivity contribution is 7.85. The molecule has 4 heteroatoms. The largest absolute Gasteiger partial charge is 0.260 e. The van der Waals surface area contributed by atoms with Crippen molar-refractivity contribution in [3.8, 4) is 0 Å². The van der Waals surface area contributed by atoms with Crippen molar-refractivity contribution in [2.24, 2.45) is 0 Å². The summed E-state index contributed by atoms with van der Waals surface area (Å²) in [6.45, 7) is 1.88. The van der Waals surface area contributed by atoms with Crippen LogP contribution >= 0.6 is 11.6 Å². The van der Waals surface area contributed by atoms with Gasteiger partial charge in [-0.25, -0.2) is 0 Å². The van der Waals surface area contributed by atoms with Gasteiger partial charge in [-0.2, -0.15) is 0 Å². The maximum absolute atomic E-state index is 11.8. The molecule has 0 radical (unpaired) electrons. The Morgan fingerprint density at radius 1 is 1.50 bits per heavy atom. The Morgan fingerprint density at radius 2 is 2.29 bits per heavy atom. The van der Waals surface area contributed by atoms with Gasteiger partial charge in [0.25, 0.3) is 0 Å². The van der Waals surface area contributed by atoms with Crippen LogP contribution in [0.15, 0.2) is 23.2 Å². The van der Waals surface area contributed by atoms with Crippen LogP contribution in [-0.4, -0.2) is 20.8 Å². The van der Waals surface area contributed by atoms with E-state index in [1.54, 1.807) is 6.20 Å². The number of halogens is 1. The molecule has 0 N–H and O–H groups in total. The fourth-order valence-electron chi connectivity index (χ4n) is 1.15. The van der Waals surface area contributed by atoms with Crippen LogP contribution in [-0.2, 0) is 10.8 Å². The van der Waals surface area contributed by atoms with Gasteiger partial charge in [-0.3, -0.25) is 9.19 Å². The lowest BCUT2D eigenvalue weighted by Gasteiger charge is -2.03. The average molecular weight is 232 g/mol. The second-order valence-electron chi connectivity index (χ2n) is 3.03. The SMILES string of the molecule is Cc1ncccc1S(=O)CCCCCl. The minimum Gasteiger partial charge on any atom is -0.260 e. The van der Waals surface area contributed by atoms with Gasteiger partial charge < -0.3 is 0 Å². The number of unbranched alkanes of at least 4 members (excludes halogenated alkanes) is 1. The van der Waals surface area contributed by atoms with Crippen molar-refractivity contribution in [2.75, 3.05) is 11.6 Å². The van der Waals surface area contributed by atoms with Gasteiger partial charge >= 0.3 is 0 Å². The van der Waals surface area contributed by atoms with Gasteiger partial charge in [0, 0.05) is 17.8 Å². The predicted molar refractivity (Wildman–Crippen MR) is 60.2 cm³/mol. The summed E-state index contributed by atoms with van der Waals surface area (Å²) < 4.78 is 11.8. The van der Waals surface area contributed by atoms with Crippen LogP contribution in [0.1, 0.15) is 18.5 Å². The molecule has 1 rings (SSSR count). The molecule has 0 saturated carbocycles. The lowest BCUT2D eigenvalue weighted by molar-refractivity contribution is 0.678. The maximum atomic E-state index is 11.8. The first kappa shape index (κ1) is 11.7. The highest BCUT2D eigenvalue weighted by atomic mass is 35.5. The first-order valence-electron chi connectivity index (χ1n) is 4.61. The van der Waals surface area contributed by atoms with Gasteiger partial charge in [0.15, 0.2) is 0 Å². The Morgan fingerprint density at radius 3 is 2.93 bits per heavy atom. The van der Waals surface area contributed by atoms with E-state index in [-0.39, 0.29) is 0 Å². The lowest BCUT2D eigenvalue weighted by Crippen LogP contribution is -2.01. The summed E-state index contributed by atoms with van der Waals surface area (Å²) in [7, 11) is -0.918. The number of aryl methyl sites for hydroxylation is 1. The summed E-state index contributed by atoms with van der Waals surface area (Å²) in [5.41, 5.74) is 0.858. The smallest absolute Gasteiger partial charge is 0.0600 e. The van der Waals surface area contributed by atoms with Crippen LogP contribution in [0.25, 0.3) is 0 Å². The van der Waals surface area contributed by atoms with Gasteiger partial charge in [0.05, 0.1) is 21.4 Å². The summed E-state index contributed by atoms with van der Waals surface area (Å²) in [5.74, 6) is 1.32. The molecule has 0 amide bonds. The van der Waals surface area contributed by atoms with Crippen LogP contribution in [0, 0.1) is 6.92 Å². The Bertz CT molecular complexity index is 317. The highest BCUT2D eigenvalue weighted by Crippen LogP contribution is 2.11. The van der Waals surface area contributed by atoms with Gasteiger partial charge in [0.2, 0.25) is 0 Å². The average Bonchev–Trinajstić information content (AvgIpc) is 2.18. The molecule has 1 unspecified atom stereocenters. The Labute approximate surface area is 92.2 Å². The molecule has 0 aliphatic rings. The molecular weight excluding hydrogens is 218 g/mol. The van der Waals surface area contributed by atoms with Crippen molar-refractivity contribution < 1.29 is 4.21 Å². The maximum Gasteiger partial charge on any atom is 0.0600 e. The van der Waals surface area contributed by atoms with E-state index >= 15 is 0 Å². The molecule has 0 aliphatic carbocycles. The summed E-state index contributed by atoms with van der Waals surface area (Å²) in [4.78, 5) is 4.96. The van der Waals surface area contributed by atoms with Crippen LogP contribution < -0.4 is 0 Å². The molecule has 14 heavy (non-hydrogen) atoms. The van der Waals surface area contributed by atoms with Gasteiger partial charge in [-0.15, -0.1) is 11.6 Å². The normalized spacial score (nSPS) is 12.7. The third-order valence-electron chi connectivity index (χ3n) is 1.92. The number of alkyl halides is 1. The zero-order chi connectivity index (χ0) is 10.4. The van der Waals surface area contributed by atoms with Crippen molar-refractivity contribution in [3.05, 3.63) is 24.0 Å². The van der Waals surface area contributed by atoms with Crippen LogP contribution in [0.2, 0.25) is 0 Å². The molecule has 2 nitrogen and oxygen atoms in total. The fraction of sp³-hybridized carbons (Fsp3) is 0.500. The molecule has 0 aliphatic heterocycles. The van der Waals surface area contributed by atoms with Gasteiger partial charge in [-0.1, -0.05) is 0 Å². The van der Waals surface area contributed by atoms with Crippen molar-refractivity contribution in [1.82, 2.24) is 4.98 Å². The van der Waals surface area contributed by atoms with Crippen molar-refractivity contribution >= 4 is 22.4 Å². The molecule has 0 fully saturated rings. The van der Waals surface area contributed by atoms with Crippen molar-refractivity contribution in [1.29, 1.82) is 0 Å². The van der Waals surface area contributed by atoms with Gasteiger partial charge in [-0.05, 0) is 31.9 Å². The predicted octanol–water partition coefficient (Wildman–Crippen LogP) is 2.52. The number of hydrogen-bond acceptors (Lipinski definition) is 2. The Kier molecular flexibility index (Phi) is 5.12. The van der Waals surface area contributed by atoms with Crippen LogP contribution in [0.3, 0.4) is 0 Å². The van der Waals surface area contributed by atoms with E-state index in [2.05, 4.69) is 4.98 Å². The van der Waals surface area contributed by atoms with E-state index in [4.69, 9.17) is 11.6 Å². The molecule has 1 atom stereocenters. The zero-order valence-corrected chi connectivity index (χ0v) is 9.77. The second-order valence-corrected chi connectivity index (χ2v) is 4.95. The zero-order valence-electron chi connectivity index (χ0n) is 8.20. The van der Waals surface area contributed by atoms with E-state index in [0.29, 0.717) is 11.6 Å². The lowest BCUT2D eigenvalue weighted by atomic mass is 10.4. The highest BCUT2D eigenvalue weighted by Gasteiger charge is 2.06. The number of hydrogen-bond donors (Lipinski definition) is 0. The molecule has 0 bridgehead atoms. The van der Waals surface area contributed by atoms with E-state index in [1.807, 2.05) is 19.1 Å². The minimum absolute atomic E-state index is 0.642. The molecule has 0 aromatic carbocycles. The summed E-state index contributed by atoms with van der Waals surface area (Å²) >= 11 is 5.55. The standard InChI is InChI=1S/C10H14ClNOS/c1-9-10(5-4-7-12-9)14(13)8-3-2-6-11/h4-5,7H,2-3,6,8H2,1H3. The second kappa shape index (κ2) is 6.14. The number of aromatic nitrogens is 1. The molecule has 78 valence electrons. The van der Waals surface area contributed by atoms with E-state index < -0.39 is 10.8 Å². The molecule has 0 saturated heterocycles. The monoisotopic (exact) mass is 231 g/mol. The van der Waals surface area contributed by atoms with Crippen molar-refractivity contribution in [3.63, 3.8) is 0 Å². The van der Waals surface area contributed by atoms with Crippen molar-refractivity contribution in [2.45, 2.75) is 24.7 Å². The number of rotatable bonds is 5. The van der Waals surface area contributed by atoms with Crippen LogP contribution in [0.5, 0.6) is 0 Å². The minimum atomic E-state index is -0.918. The summed E-state index contributed by atoms with van der Waals surface area (Å²) in [6, 6.07) is 3.70. The third-order valence-corrected chi connectivity index (χ3v) is 3.77. The summed E-state index contributed by atoms with van der Waals surface area (Å²) in [5, 5.41) is 0. The molecular formula is C10H14ClNOS. The number of nitrogens with zero attached hydrogens (tertiary/aromatic N) is 1. The van der Waals surface area contributed by atoms with Gasteiger partial charge in [0.1, 0.15) is 0 Å². The summed E-state index contributed by atoms with van der Waals surface area (Å²) in [6.07, 6.45) is 3.55. The quantitative estimate of drug-likeness (QED) is 0.576. The fourth-order valence-corrected chi connectivity index (χ4v) is 2.64. The topological polar surface area (TPSA) is 30.0 Å². The Balaban J connectivity index is 2.56.